The first kappa shape index (κ1) is 10.3. The number of nitrogens with zero attached hydrogens (tertiary/aromatic N) is 2. The van der Waals surface area contributed by atoms with E-state index in [-0.39, 0.29) is 6.10 Å². The number of guanidine groups is 1. The fraction of sp³-hybridized carbons (Fsp3) is 0.875. The first-order valence-corrected chi connectivity index (χ1v) is 4.52. The van der Waals surface area contributed by atoms with Crippen molar-refractivity contribution in [3.63, 3.8) is 0 Å². The average Bonchev–Trinajstić information content (AvgIpc) is 2.14. The number of ether oxygens (including phenoxy) is 1. The van der Waals surface area contributed by atoms with Gasteiger partial charge in [-0.1, -0.05) is 0 Å². The van der Waals surface area contributed by atoms with E-state index < -0.39 is 0 Å². The summed E-state index contributed by atoms with van der Waals surface area (Å²) in [5.74, 6) is 6.08. The molecule has 0 aromatic rings. The van der Waals surface area contributed by atoms with Gasteiger partial charge in [-0.05, 0) is 13.8 Å². The van der Waals surface area contributed by atoms with Gasteiger partial charge in [-0.15, -0.1) is 0 Å². The lowest BCUT2D eigenvalue weighted by molar-refractivity contribution is -0.0297. The third-order valence-electron chi connectivity index (χ3n) is 2.50. The second kappa shape index (κ2) is 4.43. The Morgan fingerprint density at radius 3 is 2.85 bits per heavy atom. The van der Waals surface area contributed by atoms with Gasteiger partial charge < -0.3 is 9.64 Å². The average molecular weight is 186 g/mol. The molecule has 1 fully saturated rings. The summed E-state index contributed by atoms with van der Waals surface area (Å²) in [6, 6.07) is 0.309. The van der Waals surface area contributed by atoms with Crippen LogP contribution in [0.15, 0.2) is 4.99 Å². The fourth-order valence-corrected chi connectivity index (χ4v) is 1.51. The molecule has 2 atom stereocenters. The molecular formula is C8H18N4O. The lowest BCUT2D eigenvalue weighted by Crippen LogP contribution is -2.56. The van der Waals surface area contributed by atoms with Crippen LogP contribution in [0.5, 0.6) is 0 Å². The molecule has 1 rings (SSSR count). The molecule has 0 aromatic heterocycles. The Morgan fingerprint density at radius 2 is 2.31 bits per heavy atom. The van der Waals surface area contributed by atoms with Crippen LogP contribution in [-0.4, -0.2) is 43.2 Å². The number of rotatable bonds is 0. The van der Waals surface area contributed by atoms with Crippen molar-refractivity contribution in [2.24, 2.45) is 10.8 Å². The van der Waals surface area contributed by atoms with Crippen molar-refractivity contribution in [1.29, 1.82) is 0 Å². The summed E-state index contributed by atoms with van der Waals surface area (Å²) < 4.78 is 5.49. The van der Waals surface area contributed by atoms with E-state index in [1.807, 2.05) is 0 Å². The van der Waals surface area contributed by atoms with Crippen LogP contribution in [0, 0.1) is 0 Å². The number of hydrazine groups is 1. The lowest BCUT2D eigenvalue weighted by Gasteiger charge is -2.39. The maximum Gasteiger partial charge on any atom is 0.208 e. The monoisotopic (exact) mass is 186 g/mol. The molecule has 0 spiro atoms. The van der Waals surface area contributed by atoms with E-state index in [0.717, 1.165) is 19.1 Å². The van der Waals surface area contributed by atoms with Crippen molar-refractivity contribution in [2.75, 3.05) is 20.2 Å². The summed E-state index contributed by atoms with van der Waals surface area (Å²) in [4.78, 5) is 6.19. The van der Waals surface area contributed by atoms with E-state index in [1.165, 1.54) is 0 Å². The highest BCUT2D eigenvalue weighted by Gasteiger charge is 2.27. The Balaban J connectivity index is 2.67. The highest BCUT2D eigenvalue weighted by atomic mass is 16.5. The van der Waals surface area contributed by atoms with Gasteiger partial charge in [-0.3, -0.25) is 10.4 Å². The number of hydrogen-bond donors (Lipinski definition) is 2. The van der Waals surface area contributed by atoms with Gasteiger partial charge in [-0.25, -0.2) is 5.84 Å². The Kier molecular flexibility index (Phi) is 3.50. The first-order valence-electron chi connectivity index (χ1n) is 4.52. The highest BCUT2D eigenvalue weighted by molar-refractivity contribution is 5.79. The van der Waals surface area contributed by atoms with Gasteiger partial charge in [0.2, 0.25) is 5.96 Å². The van der Waals surface area contributed by atoms with Crippen LogP contribution in [0.25, 0.3) is 0 Å². The minimum atomic E-state index is 0.221. The second-order valence-corrected chi connectivity index (χ2v) is 3.20. The van der Waals surface area contributed by atoms with E-state index >= 15 is 0 Å². The highest BCUT2D eigenvalue weighted by Crippen LogP contribution is 2.12. The molecule has 76 valence electrons. The van der Waals surface area contributed by atoms with Crippen LogP contribution < -0.4 is 11.3 Å². The summed E-state index contributed by atoms with van der Waals surface area (Å²) in [5, 5.41) is 0. The summed E-state index contributed by atoms with van der Waals surface area (Å²) in [5.41, 5.74) is 2.59. The van der Waals surface area contributed by atoms with Gasteiger partial charge in [0.05, 0.1) is 18.8 Å². The van der Waals surface area contributed by atoms with E-state index in [9.17, 15) is 0 Å². The summed E-state index contributed by atoms with van der Waals surface area (Å²) in [6.45, 7) is 5.72. The molecule has 0 radical (unpaired) electrons. The van der Waals surface area contributed by atoms with Gasteiger partial charge in [0.1, 0.15) is 0 Å². The van der Waals surface area contributed by atoms with E-state index in [4.69, 9.17) is 10.6 Å². The zero-order valence-electron chi connectivity index (χ0n) is 8.45. The predicted molar refractivity (Wildman–Crippen MR) is 52.3 cm³/mol. The summed E-state index contributed by atoms with van der Waals surface area (Å²) in [7, 11) is 1.72. The largest absolute Gasteiger partial charge is 0.375 e. The van der Waals surface area contributed by atoms with E-state index in [0.29, 0.717) is 6.04 Å². The maximum absolute atomic E-state index is 5.49. The molecule has 3 N–H and O–H groups in total. The van der Waals surface area contributed by atoms with Crippen LogP contribution in [0.4, 0.5) is 0 Å². The van der Waals surface area contributed by atoms with Gasteiger partial charge in [0.15, 0.2) is 0 Å². The van der Waals surface area contributed by atoms with Crippen molar-refractivity contribution in [2.45, 2.75) is 26.0 Å². The molecular weight excluding hydrogens is 168 g/mol. The van der Waals surface area contributed by atoms with Crippen LogP contribution >= 0.6 is 0 Å². The second-order valence-electron chi connectivity index (χ2n) is 3.20. The molecule has 5 nitrogen and oxygen atoms in total. The molecule has 1 saturated heterocycles. The number of hydrogen-bond acceptors (Lipinski definition) is 3. The van der Waals surface area contributed by atoms with Crippen molar-refractivity contribution in [3.8, 4) is 0 Å². The normalized spacial score (nSPS) is 30.5. The van der Waals surface area contributed by atoms with Crippen molar-refractivity contribution in [3.05, 3.63) is 0 Å². The standard InChI is InChI=1S/C8H18N4O/c1-6-7(2)13-5-4-12(6)8(10-3)11-9/h6-7H,4-5,9H2,1-3H3,(H,10,11). The third-order valence-corrected chi connectivity index (χ3v) is 2.50. The van der Waals surface area contributed by atoms with Crippen molar-refractivity contribution in [1.82, 2.24) is 10.3 Å². The molecule has 5 heteroatoms. The van der Waals surface area contributed by atoms with Crippen molar-refractivity contribution >= 4 is 5.96 Å². The van der Waals surface area contributed by atoms with Gasteiger partial charge in [-0.2, -0.15) is 0 Å². The minimum Gasteiger partial charge on any atom is -0.375 e. The van der Waals surface area contributed by atoms with Gasteiger partial charge in [0, 0.05) is 13.6 Å². The molecule has 0 aromatic carbocycles. The molecule has 0 saturated carbocycles. The molecule has 1 aliphatic heterocycles. The zero-order chi connectivity index (χ0) is 9.84. The van der Waals surface area contributed by atoms with Crippen LogP contribution in [0.2, 0.25) is 0 Å². The SMILES string of the molecule is CN=C(NN)N1CCOC(C)C1C. The number of nitrogens with two attached hydrogens (primary N) is 1. The first-order chi connectivity index (χ1) is 6.20. The molecule has 2 unspecified atom stereocenters. The molecule has 0 amide bonds. The topological polar surface area (TPSA) is 62.9 Å². The molecule has 1 heterocycles. The third kappa shape index (κ3) is 2.10. The summed E-state index contributed by atoms with van der Waals surface area (Å²) >= 11 is 0. The zero-order valence-corrected chi connectivity index (χ0v) is 8.45. The number of nitrogens with one attached hydrogen (secondary N) is 1. The smallest absolute Gasteiger partial charge is 0.208 e. The van der Waals surface area contributed by atoms with E-state index in [1.54, 1.807) is 7.05 Å². The number of aliphatic imine (C=N–C) groups is 1. The van der Waals surface area contributed by atoms with Crippen molar-refractivity contribution < 1.29 is 4.74 Å². The van der Waals surface area contributed by atoms with Crippen LogP contribution in [-0.2, 0) is 4.74 Å². The Labute approximate surface area is 78.9 Å². The van der Waals surface area contributed by atoms with E-state index in [2.05, 4.69) is 29.2 Å². The Morgan fingerprint density at radius 1 is 1.62 bits per heavy atom. The minimum absolute atomic E-state index is 0.221. The molecule has 13 heavy (non-hydrogen) atoms. The summed E-state index contributed by atoms with van der Waals surface area (Å²) in [6.07, 6.45) is 0.221. The predicted octanol–water partition coefficient (Wildman–Crippen LogP) is -0.455. The van der Waals surface area contributed by atoms with Gasteiger partial charge in [0.25, 0.3) is 0 Å². The Hall–Kier alpha value is -0.810. The van der Waals surface area contributed by atoms with Crippen LogP contribution in [0.3, 0.4) is 0 Å². The Bertz CT molecular complexity index is 195. The molecule has 0 aliphatic carbocycles. The maximum atomic E-state index is 5.49. The quantitative estimate of drug-likeness (QED) is 0.233. The fourth-order valence-electron chi connectivity index (χ4n) is 1.51. The number of morpholine rings is 1. The lowest BCUT2D eigenvalue weighted by atomic mass is 10.1. The van der Waals surface area contributed by atoms with Crippen LogP contribution in [0.1, 0.15) is 13.8 Å². The van der Waals surface area contributed by atoms with Gasteiger partial charge >= 0.3 is 0 Å². The molecule has 0 bridgehead atoms. The molecule has 1 aliphatic rings.